The number of pyridine rings is 1. The summed E-state index contributed by atoms with van der Waals surface area (Å²) in [4.78, 5) is 25.1. The Bertz CT molecular complexity index is 961. The van der Waals surface area contributed by atoms with E-state index < -0.39 is 11.6 Å². The molecule has 0 unspecified atom stereocenters. The first-order valence-electron chi connectivity index (χ1n) is 8.10. The fourth-order valence-electron chi connectivity index (χ4n) is 2.48. The predicted octanol–water partition coefficient (Wildman–Crippen LogP) is 4.43. The number of hydrogen-bond donors (Lipinski definition) is 0. The summed E-state index contributed by atoms with van der Waals surface area (Å²) in [7, 11) is 0. The molecule has 0 spiro atoms. The van der Waals surface area contributed by atoms with E-state index >= 15 is 0 Å². The third-order valence-electron chi connectivity index (χ3n) is 4.31. The highest BCUT2D eigenvalue weighted by atomic mass is 32.1. The molecule has 0 saturated carbocycles. The summed E-state index contributed by atoms with van der Waals surface area (Å²) in [6.07, 6.45) is 1.53. The van der Waals surface area contributed by atoms with E-state index in [1.165, 1.54) is 40.7 Å². The van der Waals surface area contributed by atoms with Crippen molar-refractivity contribution in [2.75, 3.05) is 0 Å². The number of halogens is 3. The number of rotatable bonds is 4. The predicted molar refractivity (Wildman–Crippen MR) is 95.7 cm³/mol. The standard InChI is InChI=1S/C18H17F3N4OS/c1-11-16(27-14(24-11)9-15(26)25-7-6-22-10-25)12-4-5-23-13(8-12)17(2,3)18(19,20)21/h4-8,10H,9H2,1-3H3. The molecule has 3 heterocycles. The Kier molecular flexibility index (Phi) is 4.90. The van der Waals surface area contributed by atoms with Crippen LogP contribution in [0.4, 0.5) is 13.2 Å². The second-order valence-electron chi connectivity index (χ2n) is 6.62. The molecular formula is C18H17F3N4OS. The fourth-order valence-corrected chi connectivity index (χ4v) is 3.53. The average Bonchev–Trinajstić information content (AvgIpc) is 3.24. The smallest absolute Gasteiger partial charge is 0.276 e. The fraction of sp³-hybridized carbons (Fsp3) is 0.333. The summed E-state index contributed by atoms with van der Waals surface area (Å²) in [5, 5.41) is 0.592. The molecule has 0 amide bonds. The Labute approximate surface area is 157 Å². The Hall–Kier alpha value is -2.55. The number of carbonyl (C=O) groups excluding carboxylic acids is 1. The van der Waals surface area contributed by atoms with Crippen LogP contribution < -0.4 is 0 Å². The van der Waals surface area contributed by atoms with Gasteiger partial charge < -0.3 is 0 Å². The minimum absolute atomic E-state index is 0.0589. The van der Waals surface area contributed by atoms with Crippen LogP contribution in [0.5, 0.6) is 0 Å². The lowest BCUT2D eigenvalue weighted by Crippen LogP contribution is -2.37. The van der Waals surface area contributed by atoms with E-state index in [-0.39, 0.29) is 18.0 Å². The van der Waals surface area contributed by atoms with Crippen LogP contribution >= 0.6 is 11.3 Å². The average molecular weight is 394 g/mol. The molecular weight excluding hydrogens is 377 g/mol. The minimum atomic E-state index is -4.41. The van der Waals surface area contributed by atoms with Crippen molar-refractivity contribution in [3.05, 3.63) is 53.4 Å². The topological polar surface area (TPSA) is 60.7 Å². The van der Waals surface area contributed by atoms with E-state index in [0.29, 0.717) is 16.3 Å². The molecule has 3 aromatic rings. The van der Waals surface area contributed by atoms with Crippen LogP contribution in [0.15, 0.2) is 37.1 Å². The van der Waals surface area contributed by atoms with Gasteiger partial charge in [0.1, 0.15) is 16.7 Å². The van der Waals surface area contributed by atoms with Crippen molar-refractivity contribution in [1.82, 2.24) is 19.5 Å². The molecule has 3 rings (SSSR count). The maximum Gasteiger partial charge on any atom is 0.399 e. The summed E-state index contributed by atoms with van der Waals surface area (Å²) in [5.41, 5.74) is -0.859. The van der Waals surface area contributed by atoms with Crippen LogP contribution in [-0.4, -0.2) is 31.6 Å². The molecule has 9 heteroatoms. The van der Waals surface area contributed by atoms with Gasteiger partial charge >= 0.3 is 6.18 Å². The zero-order chi connectivity index (χ0) is 19.8. The third-order valence-corrected chi connectivity index (χ3v) is 5.51. The van der Waals surface area contributed by atoms with E-state index in [4.69, 9.17) is 0 Å². The van der Waals surface area contributed by atoms with Gasteiger partial charge in [-0.1, -0.05) is 0 Å². The number of imidazole rings is 1. The molecule has 0 fully saturated rings. The minimum Gasteiger partial charge on any atom is -0.276 e. The molecule has 0 radical (unpaired) electrons. The van der Waals surface area contributed by atoms with Gasteiger partial charge in [0.15, 0.2) is 0 Å². The van der Waals surface area contributed by atoms with Crippen molar-refractivity contribution in [3.63, 3.8) is 0 Å². The highest BCUT2D eigenvalue weighted by molar-refractivity contribution is 7.15. The van der Waals surface area contributed by atoms with Crippen LogP contribution in [0.25, 0.3) is 10.4 Å². The first-order chi connectivity index (χ1) is 12.6. The van der Waals surface area contributed by atoms with E-state index in [2.05, 4.69) is 15.0 Å². The first-order valence-corrected chi connectivity index (χ1v) is 8.92. The van der Waals surface area contributed by atoms with Crippen molar-refractivity contribution < 1.29 is 18.0 Å². The third kappa shape index (κ3) is 3.78. The molecule has 0 aromatic carbocycles. The molecule has 142 valence electrons. The molecule has 0 bridgehead atoms. The van der Waals surface area contributed by atoms with Crippen molar-refractivity contribution >= 4 is 17.2 Å². The normalized spacial score (nSPS) is 12.4. The van der Waals surface area contributed by atoms with Crippen molar-refractivity contribution in [3.8, 4) is 10.4 Å². The van der Waals surface area contributed by atoms with E-state index in [9.17, 15) is 18.0 Å². The highest BCUT2D eigenvalue weighted by Crippen LogP contribution is 2.41. The second-order valence-corrected chi connectivity index (χ2v) is 7.70. The van der Waals surface area contributed by atoms with Gasteiger partial charge in [-0.05, 0) is 38.5 Å². The zero-order valence-corrected chi connectivity index (χ0v) is 15.7. The highest BCUT2D eigenvalue weighted by Gasteiger charge is 2.49. The summed E-state index contributed by atoms with van der Waals surface area (Å²) in [6, 6.07) is 3.09. The lowest BCUT2D eigenvalue weighted by atomic mass is 9.87. The number of carbonyl (C=O) groups is 1. The number of aromatic nitrogens is 4. The molecule has 3 aromatic heterocycles. The van der Waals surface area contributed by atoms with Crippen LogP contribution in [0.3, 0.4) is 0 Å². The second kappa shape index (κ2) is 6.88. The lowest BCUT2D eigenvalue weighted by molar-refractivity contribution is -0.181. The zero-order valence-electron chi connectivity index (χ0n) is 14.9. The van der Waals surface area contributed by atoms with Gasteiger partial charge in [0.25, 0.3) is 0 Å². The van der Waals surface area contributed by atoms with Crippen molar-refractivity contribution in [2.24, 2.45) is 0 Å². The summed E-state index contributed by atoms with van der Waals surface area (Å²) in [5.74, 6) is -0.179. The van der Waals surface area contributed by atoms with Crippen LogP contribution in [-0.2, 0) is 11.8 Å². The first kappa shape index (κ1) is 19.2. The largest absolute Gasteiger partial charge is 0.399 e. The van der Waals surface area contributed by atoms with E-state index in [0.717, 1.165) is 18.7 Å². The number of hydrogen-bond acceptors (Lipinski definition) is 5. The monoisotopic (exact) mass is 394 g/mol. The van der Waals surface area contributed by atoms with Gasteiger partial charge in [0, 0.05) is 18.6 Å². The molecule has 0 aliphatic carbocycles. The molecule has 0 aliphatic rings. The Morgan fingerprint density at radius 2 is 2.00 bits per heavy atom. The van der Waals surface area contributed by atoms with Crippen molar-refractivity contribution in [1.29, 1.82) is 0 Å². The Morgan fingerprint density at radius 3 is 2.63 bits per heavy atom. The number of thiazole rings is 1. The van der Waals surface area contributed by atoms with Gasteiger partial charge in [-0.3, -0.25) is 14.3 Å². The summed E-state index contributed by atoms with van der Waals surface area (Å²) >= 11 is 1.29. The number of nitrogens with zero attached hydrogens (tertiary/aromatic N) is 4. The Morgan fingerprint density at radius 1 is 1.26 bits per heavy atom. The van der Waals surface area contributed by atoms with E-state index in [1.807, 2.05) is 0 Å². The maximum absolute atomic E-state index is 13.3. The molecule has 0 saturated heterocycles. The van der Waals surface area contributed by atoms with E-state index in [1.54, 1.807) is 19.2 Å². The molecule has 0 N–H and O–H groups in total. The lowest BCUT2D eigenvalue weighted by Gasteiger charge is -2.27. The summed E-state index contributed by atoms with van der Waals surface area (Å²) in [6.45, 7) is 3.98. The van der Waals surface area contributed by atoms with Crippen molar-refractivity contribution in [2.45, 2.75) is 38.8 Å². The van der Waals surface area contributed by atoms with Gasteiger partial charge in [0.05, 0.1) is 22.7 Å². The number of alkyl halides is 3. The molecule has 0 aliphatic heterocycles. The maximum atomic E-state index is 13.3. The van der Waals surface area contributed by atoms with Gasteiger partial charge in [-0.2, -0.15) is 13.2 Å². The summed E-state index contributed by atoms with van der Waals surface area (Å²) < 4.78 is 41.3. The van der Waals surface area contributed by atoms with Gasteiger partial charge in [0.2, 0.25) is 5.91 Å². The van der Waals surface area contributed by atoms with Crippen LogP contribution in [0, 0.1) is 6.92 Å². The molecule has 0 atom stereocenters. The number of aryl methyl sites for hydroxylation is 1. The van der Waals surface area contributed by atoms with Gasteiger partial charge in [-0.25, -0.2) is 9.97 Å². The molecule has 5 nitrogen and oxygen atoms in total. The molecule has 27 heavy (non-hydrogen) atoms. The van der Waals surface area contributed by atoms with Crippen LogP contribution in [0.2, 0.25) is 0 Å². The SMILES string of the molecule is Cc1nc(CC(=O)n2ccnc2)sc1-c1ccnc(C(C)(C)C(F)(F)F)c1. The van der Waals surface area contributed by atoms with Crippen LogP contribution in [0.1, 0.15) is 35.0 Å². The quantitative estimate of drug-likeness (QED) is 0.657. The Balaban J connectivity index is 1.91. The van der Waals surface area contributed by atoms with Gasteiger partial charge in [-0.15, -0.1) is 11.3 Å².